The Balaban J connectivity index is 1.94. The molecule has 0 spiro atoms. The maximum absolute atomic E-state index is 12.7. The molecule has 2 N–H and O–H groups in total. The predicted molar refractivity (Wildman–Crippen MR) is 81.1 cm³/mol. The Morgan fingerprint density at radius 2 is 2.40 bits per heavy atom. The second-order valence-corrected chi connectivity index (χ2v) is 6.22. The predicted octanol–water partition coefficient (Wildman–Crippen LogP) is 3.14. The Morgan fingerprint density at radius 1 is 1.60 bits per heavy atom. The molecule has 3 heterocycles. The van der Waals surface area contributed by atoms with E-state index in [1.54, 1.807) is 17.4 Å². The number of carbonyl (C=O) groups is 1. The first-order valence-electron chi connectivity index (χ1n) is 6.36. The van der Waals surface area contributed by atoms with Gasteiger partial charge in [-0.3, -0.25) is 4.79 Å². The van der Waals surface area contributed by atoms with Crippen LogP contribution >= 0.6 is 22.9 Å². The fourth-order valence-electron chi connectivity index (χ4n) is 2.56. The summed E-state index contributed by atoms with van der Waals surface area (Å²) in [6.45, 7) is 2.74. The molecular formula is C14H14ClN3OS. The number of carbonyl (C=O) groups excluding carboxylic acids is 1. The van der Waals surface area contributed by atoms with Gasteiger partial charge in [0, 0.05) is 17.6 Å². The molecule has 0 bridgehead atoms. The Kier molecular flexibility index (Phi) is 3.40. The van der Waals surface area contributed by atoms with E-state index in [-0.39, 0.29) is 11.9 Å². The van der Waals surface area contributed by atoms with Crippen LogP contribution in [0.5, 0.6) is 0 Å². The van der Waals surface area contributed by atoms with Crippen molar-refractivity contribution >= 4 is 34.7 Å². The monoisotopic (exact) mass is 307 g/mol. The Bertz CT molecular complexity index is 670. The SMILES string of the molecule is CC1c2ccsc2CCN1C(=O)c1cc(N)ncc1Cl. The van der Waals surface area contributed by atoms with Crippen molar-refractivity contribution in [1.82, 2.24) is 9.88 Å². The standard InChI is InChI=1S/C14H14ClN3OS/c1-8-9-3-5-20-12(9)2-4-18(8)14(19)10-6-13(16)17-7-11(10)15/h3,5-8H,2,4H2,1H3,(H2,16,17). The molecule has 0 aliphatic carbocycles. The number of halogens is 1. The number of anilines is 1. The third-order valence-electron chi connectivity index (χ3n) is 3.65. The molecule has 20 heavy (non-hydrogen) atoms. The van der Waals surface area contributed by atoms with Crippen molar-refractivity contribution < 1.29 is 4.79 Å². The lowest BCUT2D eigenvalue weighted by molar-refractivity contribution is 0.0679. The highest BCUT2D eigenvalue weighted by atomic mass is 35.5. The van der Waals surface area contributed by atoms with Gasteiger partial charge in [-0.1, -0.05) is 11.6 Å². The molecule has 0 saturated carbocycles. The first-order chi connectivity index (χ1) is 9.58. The lowest BCUT2D eigenvalue weighted by atomic mass is 10.0. The minimum atomic E-state index is -0.0894. The summed E-state index contributed by atoms with van der Waals surface area (Å²) in [7, 11) is 0. The van der Waals surface area contributed by atoms with Crippen LogP contribution in [0.25, 0.3) is 0 Å². The van der Waals surface area contributed by atoms with Crippen LogP contribution in [0.4, 0.5) is 5.82 Å². The van der Waals surface area contributed by atoms with Crippen molar-refractivity contribution in [2.24, 2.45) is 0 Å². The summed E-state index contributed by atoms with van der Waals surface area (Å²) in [6, 6.07) is 3.69. The van der Waals surface area contributed by atoms with Gasteiger partial charge in [-0.05, 0) is 36.4 Å². The number of aromatic nitrogens is 1. The number of nitrogens with zero attached hydrogens (tertiary/aromatic N) is 2. The highest BCUT2D eigenvalue weighted by Crippen LogP contribution is 2.34. The highest BCUT2D eigenvalue weighted by molar-refractivity contribution is 7.10. The summed E-state index contributed by atoms with van der Waals surface area (Å²) in [4.78, 5) is 19.8. The van der Waals surface area contributed by atoms with Crippen LogP contribution in [-0.2, 0) is 6.42 Å². The number of hydrogen-bond acceptors (Lipinski definition) is 4. The number of pyridine rings is 1. The van der Waals surface area contributed by atoms with Crippen molar-refractivity contribution in [3.8, 4) is 0 Å². The van der Waals surface area contributed by atoms with E-state index >= 15 is 0 Å². The third kappa shape index (κ3) is 2.17. The summed E-state index contributed by atoms with van der Waals surface area (Å²) in [5, 5.41) is 2.42. The van der Waals surface area contributed by atoms with Crippen molar-refractivity contribution in [3.05, 3.63) is 44.7 Å². The number of amides is 1. The van der Waals surface area contributed by atoms with E-state index in [4.69, 9.17) is 17.3 Å². The molecule has 3 rings (SSSR count). The van der Waals surface area contributed by atoms with Gasteiger partial charge in [-0.25, -0.2) is 4.98 Å². The minimum Gasteiger partial charge on any atom is -0.384 e. The zero-order chi connectivity index (χ0) is 14.3. The molecule has 0 radical (unpaired) electrons. The first kappa shape index (κ1) is 13.4. The number of nitrogens with two attached hydrogens (primary N) is 1. The molecule has 4 nitrogen and oxygen atoms in total. The fourth-order valence-corrected chi connectivity index (χ4v) is 3.71. The summed E-state index contributed by atoms with van der Waals surface area (Å²) in [6.07, 6.45) is 2.32. The molecule has 0 fully saturated rings. The van der Waals surface area contributed by atoms with Crippen LogP contribution in [0.1, 0.15) is 33.8 Å². The van der Waals surface area contributed by atoms with E-state index in [2.05, 4.69) is 16.4 Å². The van der Waals surface area contributed by atoms with Crippen molar-refractivity contribution in [2.45, 2.75) is 19.4 Å². The minimum absolute atomic E-state index is 0.0583. The zero-order valence-corrected chi connectivity index (χ0v) is 12.5. The first-order valence-corrected chi connectivity index (χ1v) is 7.62. The van der Waals surface area contributed by atoms with Gasteiger partial charge < -0.3 is 10.6 Å². The van der Waals surface area contributed by atoms with Gasteiger partial charge in [0.15, 0.2) is 0 Å². The molecule has 0 saturated heterocycles. The van der Waals surface area contributed by atoms with Gasteiger partial charge in [0.25, 0.3) is 5.91 Å². The van der Waals surface area contributed by atoms with E-state index in [0.29, 0.717) is 22.9 Å². The Morgan fingerprint density at radius 3 is 3.20 bits per heavy atom. The molecule has 6 heteroatoms. The van der Waals surface area contributed by atoms with Gasteiger partial charge >= 0.3 is 0 Å². The largest absolute Gasteiger partial charge is 0.384 e. The summed E-state index contributed by atoms with van der Waals surface area (Å²) in [5.74, 6) is 0.215. The van der Waals surface area contributed by atoms with Crippen LogP contribution in [0.2, 0.25) is 5.02 Å². The summed E-state index contributed by atoms with van der Waals surface area (Å²) >= 11 is 7.82. The van der Waals surface area contributed by atoms with Gasteiger partial charge in [-0.15, -0.1) is 11.3 Å². The van der Waals surface area contributed by atoms with Crippen LogP contribution in [0.15, 0.2) is 23.7 Å². The molecule has 1 atom stereocenters. The van der Waals surface area contributed by atoms with Gasteiger partial charge in [0.05, 0.1) is 16.6 Å². The van der Waals surface area contributed by atoms with Crippen LogP contribution in [0, 0.1) is 0 Å². The van der Waals surface area contributed by atoms with Gasteiger partial charge in [-0.2, -0.15) is 0 Å². The number of nitrogen functional groups attached to an aromatic ring is 1. The second kappa shape index (κ2) is 5.07. The molecule has 1 unspecified atom stereocenters. The van der Waals surface area contributed by atoms with E-state index in [0.717, 1.165) is 6.42 Å². The number of thiophene rings is 1. The van der Waals surface area contributed by atoms with Crippen molar-refractivity contribution in [1.29, 1.82) is 0 Å². The topological polar surface area (TPSA) is 59.2 Å². The molecule has 2 aromatic rings. The molecule has 0 aromatic carbocycles. The van der Waals surface area contributed by atoms with Crippen molar-refractivity contribution in [3.63, 3.8) is 0 Å². The maximum atomic E-state index is 12.7. The van der Waals surface area contributed by atoms with Crippen LogP contribution < -0.4 is 5.73 Å². The molecule has 1 amide bonds. The number of hydrogen-bond donors (Lipinski definition) is 1. The maximum Gasteiger partial charge on any atom is 0.256 e. The molecular weight excluding hydrogens is 294 g/mol. The fraction of sp³-hybridized carbons (Fsp3) is 0.286. The van der Waals surface area contributed by atoms with Crippen molar-refractivity contribution in [2.75, 3.05) is 12.3 Å². The summed E-state index contributed by atoms with van der Waals surface area (Å²) in [5.41, 5.74) is 7.30. The molecule has 1 aliphatic rings. The van der Waals surface area contributed by atoms with E-state index in [1.165, 1.54) is 16.6 Å². The lowest BCUT2D eigenvalue weighted by Crippen LogP contribution is -2.38. The highest BCUT2D eigenvalue weighted by Gasteiger charge is 2.30. The van der Waals surface area contributed by atoms with E-state index in [1.807, 2.05) is 11.8 Å². The van der Waals surface area contributed by atoms with E-state index < -0.39 is 0 Å². The second-order valence-electron chi connectivity index (χ2n) is 4.81. The molecule has 1 aliphatic heterocycles. The summed E-state index contributed by atoms with van der Waals surface area (Å²) < 4.78 is 0. The normalized spacial score (nSPS) is 17.9. The van der Waals surface area contributed by atoms with Gasteiger partial charge in [0.2, 0.25) is 0 Å². The zero-order valence-electron chi connectivity index (χ0n) is 11.0. The molecule has 2 aromatic heterocycles. The van der Waals surface area contributed by atoms with Crippen LogP contribution in [0.3, 0.4) is 0 Å². The third-order valence-corrected chi connectivity index (χ3v) is 4.94. The average molecular weight is 308 g/mol. The smallest absolute Gasteiger partial charge is 0.256 e. The quantitative estimate of drug-likeness (QED) is 0.880. The number of fused-ring (bicyclic) bond motifs is 1. The van der Waals surface area contributed by atoms with E-state index in [9.17, 15) is 4.79 Å². The number of rotatable bonds is 1. The Hall–Kier alpha value is -1.59. The van der Waals surface area contributed by atoms with Gasteiger partial charge in [0.1, 0.15) is 5.82 Å². The average Bonchev–Trinajstić information content (AvgIpc) is 2.90. The van der Waals surface area contributed by atoms with Crippen LogP contribution in [-0.4, -0.2) is 22.3 Å². The molecule has 104 valence electrons. The Labute approximate surface area is 126 Å². The lowest BCUT2D eigenvalue weighted by Gasteiger charge is -2.33.